The van der Waals surface area contributed by atoms with Gasteiger partial charge in [0, 0.05) is 17.4 Å². The minimum absolute atomic E-state index is 0.102. The fourth-order valence-corrected chi connectivity index (χ4v) is 2.21. The van der Waals surface area contributed by atoms with Crippen LogP contribution in [0.1, 0.15) is 10.4 Å². The van der Waals surface area contributed by atoms with Crippen molar-refractivity contribution in [2.45, 2.75) is 0 Å². The van der Waals surface area contributed by atoms with Crippen molar-refractivity contribution in [3.63, 3.8) is 0 Å². The quantitative estimate of drug-likeness (QED) is 0.654. The van der Waals surface area contributed by atoms with Crippen LogP contribution in [0.2, 0.25) is 5.28 Å². The molecule has 0 bridgehead atoms. The lowest BCUT2D eigenvalue weighted by atomic mass is 10.2. The first-order valence-corrected chi connectivity index (χ1v) is 7.62. The van der Waals surface area contributed by atoms with E-state index in [9.17, 15) is 18.0 Å². The van der Waals surface area contributed by atoms with Crippen molar-refractivity contribution in [1.82, 2.24) is 9.97 Å². The average Bonchev–Trinajstić information content (AvgIpc) is 2.59. The minimum Gasteiger partial charge on any atom is -0.338 e. The Morgan fingerprint density at radius 2 is 1.65 bits per heavy atom. The highest BCUT2D eigenvalue weighted by Gasteiger charge is 2.13. The first-order chi connectivity index (χ1) is 12.4. The van der Waals surface area contributed by atoms with E-state index in [1.807, 2.05) is 0 Å². The van der Waals surface area contributed by atoms with E-state index in [2.05, 4.69) is 20.6 Å². The zero-order valence-electron chi connectivity index (χ0n) is 12.9. The van der Waals surface area contributed by atoms with E-state index in [-0.39, 0.29) is 16.7 Å². The van der Waals surface area contributed by atoms with Crippen LogP contribution in [0.15, 0.2) is 48.7 Å². The van der Waals surface area contributed by atoms with Crippen molar-refractivity contribution in [1.29, 1.82) is 0 Å². The van der Waals surface area contributed by atoms with Crippen LogP contribution in [0, 0.1) is 17.5 Å². The molecular formula is C17H10ClF3N4O. The first-order valence-electron chi connectivity index (χ1n) is 7.24. The topological polar surface area (TPSA) is 66.9 Å². The molecule has 3 rings (SSSR count). The van der Waals surface area contributed by atoms with Gasteiger partial charge < -0.3 is 10.6 Å². The van der Waals surface area contributed by atoms with Crippen LogP contribution in [0.3, 0.4) is 0 Å². The highest BCUT2D eigenvalue weighted by molar-refractivity contribution is 6.28. The molecule has 0 saturated carbocycles. The van der Waals surface area contributed by atoms with Gasteiger partial charge in [0.15, 0.2) is 11.6 Å². The van der Waals surface area contributed by atoms with Gasteiger partial charge >= 0.3 is 0 Å². The molecule has 5 nitrogen and oxygen atoms in total. The summed E-state index contributed by atoms with van der Waals surface area (Å²) in [5.74, 6) is -3.24. The van der Waals surface area contributed by atoms with Crippen LogP contribution in [-0.4, -0.2) is 15.9 Å². The number of hydrogen-bond donors (Lipinski definition) is 2. The summed E-state index contributed by atoms with van der Waals surface area (Å²) in [6.45, 7) is 0. The zero-order valence-corrected chi connectivity index (χ0v) is 13.7. The number of carbonyl (C=O) groups excluding carboxylic acids is 1. The van der Waals surface area contributed by atoms with Crippen LogP contribution in [0.5, 0.6) is 0 Å². The zero-order chi connectivity index (χ0) is 18.7. The molecule has 2 aromatic carbocycles. The van der Waals surface area contributed by atoms with Crippen molar-refractivity contribution in [3.05, 3.63) is 77.0 Å². The van der Waals surface area contributed by atoms with E-state index in [4.69, 9.17) is 11.6 Å². The van der Waals surface area contributed by atoms with E-state index in [0.717, 1.165) is 18.3 Å². The minimum atomic E-state index is -0.961. The summed E-state index contributed by atoms with van der Waals surface area (Å²) < 4.78 is 40.1. The molecule has 3 aromatic rings. The van der Waals surface area contributed by atoms with Crippen molar-refractivity contribution in [2.75, 3.05) is 10.6 Å². The Labute approximate surface area is 150 Å². The summed E-state index contributed by atoms with van der Waals surface area (Å²) in [7, 11) is 0. The monoisotopic (exact) mass is 378 g/mol. The molecule has 1 aromatic heterocycles. The van der Waals surface area contributed by atoms with Gasteiger partial charge in [-0.25, -0.2) is 18.2 Å². The van der Waals surface area contributed by atoms with E-state index in [1.54, 1.807) is 12.1 Å². The molecule has 9 heteroatoms. The number of carbonyl (C=O) groups is 1. The molecule has 0 saturated heterocycles. The molecule has 0 atom stereocenters. The molecule has 0 spiro atoms. The molecule has 0 fully saturated rings. The summed E-state index contributed by atoms with van der Waals surface area (Å²) >= 11 is 5.62. The molecule has 132 valence electrons. The molecule has 0 aliphatic heterocycles. The predicted octanol–water partition coefficient (Wildman–Crippen LogP) is 4.54. The first kappa shape index (κ1) is 17.7. The van der Waals surface area contributed by atoms with Crippen LogP contribution in [0.4, 0.5) is 30.4 Å². The summed E-state index contributed by atoms with van der Waals surface area (Å²) in [5.41, 5.74) is 0.557. The van der Waals surface area contributed by atoms with E-state index in [1.165, 1.54) is 12.1 Å². The number of halogens is 4. The largest absolute Gasteiger partial charge is 0.338 e. The summed E-state index contributed by atoms with van der Waals surface area (Å²) in [6, 6.07) is 8.80. The highest BCUT2D eigenvalue weighted by atomic mass is 35.5. The fraction of sp³-hybridized carbons (Fsp3) is 0. The van der Waals surface area contributed by atoms with Crippen LogP contribution < -0.4 is 10.6 Å². The van der Waals surface area contributed by atoms with Crippen molar-refractivity contribution >= 4 is 34.7 Å². The van der Waals surface area contributed by atoms with Gasteiger partial charge in [-0.2, -0.15) is 4.98 Å². The second kappa shape index (κ2) is 7.40. The van der Waals surface area contributed by atoms with Crippen LogP contribution in [0.25, 0.3) is 0 Å². The molecule has 0 radical (unpaired) electrons. The van der Waals surface area contributed by atoms with Gasteiger partial charge in [0.1, 0.15) is 11.6 Å². The maximum absolute atomic E-state index is 13.6. The Hall–Kier alpha value is -3.13. The maximum atomic E-state index is 13.6. The summed E-state index contributed by atoms with van der Waals surface area (Å²) in [6.07, 6.45) is 0.934. The van der Waals surface area contributed by atoms with Crippen LogP contribution in [-0.2, 0) is 0 Å². The van der Waals surface area contributed by atoms with Gasteiger partial charge in [-0.3, -0.25) is 4.79 Å². The SMILES string of the molecule is O=C(Nc1ccc(Nc2nc(Cl)ncc2F)cc1)c1ccc(F)cc1F. The number of benzene rings is 2. The highest BCUT2D eigenvalue weighted by Crippen LogP contribution is 2.21. The summed E-state index contributed by atoms with van der Waals surface area (Å²) in [5, 5.41) is 5.08. The Morgan fingerprint density at radius 3 is 2.35 bits per heavy atom. The standard InChI is InChI=1S/C17H10ClF3N4O/c18-17-22-8-14(21)15(25-17)23-10-2-4-11(5-3-10)24-16(26)12-6-1-9(19)7-13(12)20/h1-8H,(H,24,26)(H,22,23,25). The molecule has 0 aliphatic rings. The molecule has 1 amide bonds. The average molecular weight is 379 g/mol. The van der Waals surface area contributed by atoms with Gasteiger partial charge in [0.2, 0.25) is 5.28 Å². The van der Waals surface area contributed by atoms with Crippen LogP contribution >= 0.6 is 11.6 Å². The third-order valence-electron chi connectivity index (χ3n) is 3.30. The third-order valence-corrected chi connectivity index (χ3v) is 3.48. The Morgan fingerprint density at radius 1 is 0.962 bits per heavy atom. The number of hydrogen-bond acceptors (Lipinski definition) is 4. The number of anilines is 3. The van der Waals surface area contributed by atoms with Crippen molar-refractivity contribution in [2.24, 2.45) is 0 Å². The third kappa shape index (κ3) is 4.09. The van der Waals surface area contributed by atoms with Gasteiger partial charge in [0.25, 0.3) is 5.91 Å². The maximum Gasteiger partial charge on any atom is 0.258 e. The number of nitrogens with one attached hydrogen (secondary N) is 2. The lowest BCUT2D eigenvalue weighted by Gasteiger charge is -2.09. The smallest absolute Gasteiger partial charge is 0.258 e. The summed E-state index contributed by atoms with van der Waals surface area (Å²) in [4.78, 5) is 19.3. The molecule has 2 N–H and O–H groups in total. The Bertz CT molecular complexity index is 967. The Kier molecular flexibility index (Phi) is 5.04. The normalized spacial score (nSPS) is 10.5. The van der Waals surface area contributed by atoms with Crippen molar-refractivity contribution in [3.8, 4) is 0 Å². The Balaban J connectivity index is 1.71. The molecule has 26 heavy (non-hydrogen) atoms. The van der Waals surface area contributed by atoms with Gasteiger partial charge in [-0.15, -0.1) is 0 Å². The van der Waals surface area contributed by atoms with Gasteiger partial charge in [-0.05, 0) is 48.0 Å². The predicted molar refractivity (Wildman–Crippen MR) is 91.0 cm³/mol. The molecule has 0 unspecified atom stereocenters. The second-order valence-electron chi connectivity index (χ2n) is 5.12. The number of aromatic nitrogens is 2. The molecule has 1 heterocycles. The lowest BCUT2D eigenvalue weighted by molar-refractivity contribution is 0.102. The number of amides is 1. The van der Waals surface area contributed by atoms with Gasteiger partial charge in [-0.1, -0.05) is 0 Å². The van der Waals surface area contributed by atoms with E-state index < -0.39 is 23.4 Å². The van der Waals surface area contributed by atoms with Gasteiger partial charge in [0.05, 0.1) is 11.8 Å². The second-order valence-corrected chi connectivity index (χ2v) is 5.45. The van der Waals surface area contributed by atoms with E-state index in [0.29, 0.717) is 17.4 Å². The molecule has 0 aliphatic carbocycles. The lowest BCUT2D eigenvalue weighted by Crippen LogP contribution is -2.13. The molecular weight excluding hydrogens is 369 g/mol. The number of nitrogens with zero attached hydrogens (tertiary/aromatic N) is 2. The fourth-order valence-electron chi connectivity index (χ4n) is 2.08. The van der Waals surface area contributed by atoms with Crippen molar-refractivity contribution < 1.29 is 18.0 Å². The van der Waals surface area contributed by atoms with E-state index >= 15 is 0 Å². The number of rotatable bonds is 4.